The SMILES string of the molecule is CN1CCC(N(C)C)c2cc(O)c3c(c21)CC1C[C@H]2CC(O)=C(C(N)=O)C(=O)C2C(O)=C1C3=O. The molecule has 1 heterocycles. The standard InChI is InChI=1S/C25H29N3O6/c1-27(2)14-4-5-28(3)21-12(14)9-16(30)19-13(21)7-10-6-11-8-15(29)20(25(26)34)24(33)18(11)22(31)17(10)23(19)32/h9-11,14,18,29-31H,4-8H2,1-3H3,(H2,26,34)/t10?,11-,14?,18?/m0/s1. The molecule has 9 heteroatoms. The molecule has 0 saturated carbocycles. The van der Waals surface area contributed by atoms with Gasteiger partial charge in [-0.15, -0.1) is 0 Å². The van der Waals surface area contributed by atoms with Crippen molar-refractivity contribution < 1.29 is 29.7 Å². The number of primary amides is 1. The summed E-state index contributed by atoms with van der Waals surface area (Å²) >= 11 is 0. The predicted octanol–water partition coefficient (Wildman–Crippen LogP) is 1.91. The molecule has 3 unspecified atom stereocenters. The number of aliphatic hydroxyl groups excluding tert-OH is 2. The molecule has 4 atom stereocenters. The highest BCUT2D eigenvalue weighted by Gasteiger charge is 2.51. The Morgan fingerprint density at radius 2 is 1.88 bits per heavy atom. The number of anilines is 1. The molecule has 4 aliphatic rings. The number of ketones is 2. The molecule has 0 bridgehead atoms. The summed E-state index contributed by atoms with van der Waals surface area (Å²) in [4.78, 5) is 42.6. The minimum atomic E-state index is -1.10. The quantitative estimate of drug-likeness (QED) is 0.483. The van der Waals surface area contributed by atoms with E-state index in [1.54, 1.807) is 6.07 Å². The Labute approximate surface area is 197 Å². The average Bonchev–Trinajstić information content (AvgIpc) is 2.72. The van der Waals surface area contributed by atoms with Gasteiger partial charge < -0.3 is 30.9 Å². The second kappa shape index (κ2) is 7.59. The van der Waals surface area contributed by atoms with E-state index in [4.69, 9.17) is 5.73 Å². The molecule has 9 nitrogen and oxygen atoms in total. The number of aromatic hydroxyl groups is 1. The van der Waals surface area contributed by atoms with E-state index in [1.165, 1.54) is 0 Å². The number of amides is 1. The molecule has 3 aliphatic carbocycles. The van der Waals surface area contributed by atoms with Gasteiger partial charge in [-0.2, -0.15) is 0 Å². The van der Waals surface area contributed by atoms with Crippen LogP contribution in [-0.4, -0.2) is 65.4 Å². The third-order valence-corrected chi connectivity index (χ3v) is 7.99. The van der Waals surface area contributed by atoms with Crippen molar-refractivity contribution in [3.63, 3.8) is 0 Å². The lowest BCUT2D eigenvalue weighted by molar-refractivity contribution is -0.126. The molecule has 0 fully saturated rings. The van der Waals surface area contributed by atoms with Crippen LogP contribution in [0.4, 0.5) is 5.69 Å². The molecule has 1 aromatic carbocycles. The number of aliphatic hydroxyl groups is 2. The van der Waals surface area contributed by atoms with Crippen molar-refractivity contribution in [2.45, 2.75) is 31.7 Å². The Kier molecular flexibility index (Phi) is 5.02. The van der Waals surface area contributed by atoms with Crippen LogP contribution in [0.2, 0.25) is 0 Å². The number of nitrogens with two attached hydrogens (primary N) is 1. The molecule has 1 amide bonds. The summed E-state index contributed by atoms with van der Waals surface area (Å²) < 4.78 is 0. The normalized spacial score (nSPS) is 28.5. The molecule has 180 valence electrons. The monoisotopic (exact) mass is 467 g/mol. The molecule has 1 aliphatic heterocycles. The summed E-state index contributed by atoms with van der Waals surface area (Å²) in [6.45, 7) is 0.799. The zero-order chi connectivity index (χ0) is 24.6. The van der Waals surface area contributed by atoms with E-state index >= 15 is 0 Å². The van der Waals surface area contributed by atoms with Gasteiger partial charge in [0, 0.05) is 37.3 Å². The second-order valence-corrected chi connectivity index (χ2v) is 10.1. The third kappa shape index (κ3) is 2.99. The molecular formula is C25H29N3O6. The number of Topliss-reactive ketones (excluding diaryl/α,β-unsaturated/α-hetero) is 2. The van der Waals surface area contributed by atoms with E-state index in [9.17, 15) is 29.7 Å². The average molecular weight is 468 g/mol. The summed E-state index contributed by atoms with van der Waals surface area (Å²) in [6, 6.07) is 1.75. The van der Waals surface area contributed by atoms with Crippen molar-refractivity contribution in [2.24, 2.45) is 23.5 Å². The Bertz CT molecular complexity index is 1210. The van der Waals surface area contributed by atoms with Crippen LogP contribution in [0, 0.1) is 17.8 Å². The van der Waals surface area contributed by atoms with Gasteiger partial charge in [0.15, 0.2) is 11.6 Å². The lowest BCUT2D eigenvalue weighted by atomic mass is 9.62. The number of fused-ring (bicyclic) bond motifs is 5. The van der Waals surface area contributed by atoms with Crippen molar-refractivity contribution in [1.82, 2.24) is 4.90 Å². The van der Waals surface area contributed by atoms with Gasteiger partial charge in [-0.25, -0.2) is 0 Å². The van der Waals surface area contributed by atoms with E-state index in [0.717, 1.165) is 29.8 Å². The van der Waals surface area contributed by atoms with Crippen LogP contribution in [-0.2, 0) is 16.0 Å². The number of benzene rings is 1. The van der Waals surface area contributed by atoms with Gasteiger partial charge in [-0.3, -0.25) is 14.4 Å². The zero-order valence-electron chi connectivity index (χ0n) is 19.5. The van der Waals surface area contributed by atoms with Gasteiger partial charge in [0.05, 0.1) is 11.5 Å². The fourth-order valence-corrected chi connectivity index (χ4v) is 6.55. The Morgan fingerprint density at radius 3 is 2.53 bits per heavy atom. The molecule has 5 N–H and O–H groups in total. The first-order chi connectivity index (χ1) is 16.0. The van der Waals surface area contributed by atoms with Crippen molar-refractivity contribution >= 4 is 23.2 Å². The fraction of sp³-hybridized carbons (Fsp3) is 0.480. The smallest absolute Gasteiger partial charge is 0.255 e. The largest absolute Gasteiger partial charge is 0.511 e. The van der Waals surface area contributed by atoms with Gasteiger partial charge in [-0.05, 0) is 62.4 Å². The highest BCUT2D eigenvalue weighted by molar-refractivity contribution is 6.22. The maximum Gasteiger partial charge on any atom is 0.255 e. The fourth-order valence-electron chi connectivity index (χ4n) is 6.55. The third-order valence-electron chi connectivity index (χ3n) is 7.99. The van der Waals surface area contributed by atoms with Crippen LogP contribution < -0.4 is 10.6 Å². The van der Waals surface area contributed by atoms with Crippen LogP contribution in [0.15, 0.2) is 28.7 Å². The maximum absolute atomic E-state index is 13.7. The summed E-state index contributed by atoms with van der Waals surface area (Å²) in [5.74, 6) is -5.07. The summed E-state index contributed by atoms with van der Waals surface area (Å²) in [5, 5.41) is 32.4. The Morgan fingerprint density at radius 1 is 1.18 bits per heavy atom. The van der Waals surface area contributed by atoms with Crippen molar-refractivity contribution in [3.8, 4) is 5.75 Å². The van der Waals surface area contributed by atoms with Gasteiger partial charge in [0.2, 0.25) is 0 Å². The molecule has 0 aromatic heterocycles. The molecule has 34 heavy (non-hydrogen) atoms. The number of carbonyl (C=O) groups is 3. The number of phenols is 1. The van der Waals surface area contributed by atoms with Crippen LogP contribution in [0.1, 0.15) is 46.8 Å². The topological polar surface area (TPSA) is 144 Å². The molecule has 5 rings (SSSR count). The number of nitrogens with zero attached hydrogens (tertiary/aromatic N) is 2. The Hall–Kier alpha value is -3.33. The molecule has 0 saturated heterocycles. The van der Waals surface area contributed by atoms with E-state index < -0.39 is 34.9 Å². The first kappa shape index (κ1) is 22.5. The number of hydrogen-bond donors (Lipinski definition) is 4. The van der Waals surface area contributed by atoms with Gasteiger partial charge in [0.1, 0.15) is 22.8 Å². The van der Waals surface area contributed by atoms with E-state index in [2.05, 4.69) is 9.80 Å². The zero-order valence-corrected chi connectivity index (χ0v) is 19.5. The van der Waals surface area contributed by atoms with Crippen molar-refractivity contribution in [1.29, 1.82) is 0 Å². The predicted molar refractivity (Wildman–Crippen MR) is 124 cm³/mol. The highest BCUT2D eigenvalue weighted by Crippen LogP contribution is 2.52. The van der Waals surface area contributed by atoms with Gasteiger partial charge >= 0.3 is 0 Å². The first-order valence-electron chi connectivity index (χ1n) is 11.5. The number of phenolic OH excluding ortho intramolecular Hbond substituents is 1. The maximum atomic E-state index is 13.7. The van der Waals surface area contributed by atoms with Crippen LogP contribution in [0.3, 0.4) is 0 Å². The molecular weight excluding hydrogens is 438 g/mol. The lowest BCUT2D eigenvalue weighted by Gasteiger charge is -2.43. The van der Waals surface area contributed by atoms with Crippen molar-refractivity contribution in [3.05, 3.63) is 45.4 Å². The number of hydrogen-bond acceptors (Lipinski definition) is 8. The summed E-state index contributed by atoms with van der Waals surface area (Å²) in [6.07, 6.45) is 1.73. The van der Waals surface area contributed by atoms with Gasteiger partial charge in [-0.1, -0.05) is 0 Å². The lowest BCUT2D eigenvalue weighted by Crippen LogP contribution is -2.44. The Balaban J connectivity index is 1.66. The number of rotatable bonds is 2. The van der Waals surface area contributed by atoms with E-state index in [1.807, 2.05) is 21.1 Å². The second-order valence-electron chi connectivity index (χ2n) is 10.1. The highest BCUT2D eigenvalue weighted by atomic mass is 16.3. The molecule has 1 aromatic rings. The van der Waals surface area contributed by atoms with Crippen LogP contribution in [0.5, 0.6) is 5.75 Å². The summed E-state index contributed by atoms with van der Waals surface area (Å²) in [7, 11) is 5.95. The molecule has 0 radical (unpaired) electrons. The number of allylic oxidation sites excluding steroid dienone is 3. The van der Waals surface area contributed by atoms with Gasteiger partial charge in [0.25, 0.3) is 5.91 Å². The van der Waals surface area contributed by atoms with Crippen LogP contribution in [0.25, 0.3) is 0 Å². The molecule has 0 spiro atoms. The van der Waals surface area contributed by atoms with Crippen LogP contribution >= 0.6 is 0 Å². The van der Waals surface area contributed by atoms with E-state index in [-0.39, 0.29) is 46.8 Å². The minimum Gasteiger partial charge on any atom is -0.511 e. The minimum absolute atomic E-state index is 0.0321. The van der Waals surface area contributed by atoms with Crippen molar-refractivity contribution in [2.75, 3.05) is 32.6 Å². The first-order valence-corrected chi connectivity index (χ1v) is 11.5. The summed E-state index contributed by atoms with van der Waals surface area (Å²) in [5.41, 5.74) is 7.71. The number of carbonyl (C=O) groups excluding carboxylic acids is 3. The van der Waals surface area contributed by atoms with E-state index in [0.29, 0.717) is 12.8 Å².